The number of benzene rings is 1. The lowest BCUT2D eigenvalue weighted by Gasteiger charge is -2.42. The summed E-state index contributed by atoms with van der Waals surface area (Å²) >= 11 is 6.45. The number of likely N-dealkylation sites (tertiary alicyclic amines) is 1. The largest absolute Gasteiger partial charge is 0.370 e. The first-order valence-electron chi connectivity index (χ1n) is 10.8. The van der Waals surface area contributed by atoms with Gasteiger partial charge in [0.2, 0.25) is 0 Å². The summed E-state index contributed by atoms with van der Waals surface area (Å²) in [4.78, 5) is 7.56. The Kier molecular flexibility index (Phi) is 5.23. The Hall–Kier alpha value is -2.05. The molecule has 2 aromatic heterocycles. The van der Waals surface area contributed by atoms with Crippen molar-refractivity contribution in [1.29, 1.82) is 0 Å². The highest BCUT2D eigenvalue weighted by molar-refractivity contribution is 6.36. The average Bonchev–Trinajstić information content (AvgIpc) is 3.07. The topological polar surface area (TPSA) is 45.5 Å². The molecule has 1 saturated carbocycles. The average molecular weight is 408 g/mol. The van der Waals surface area contributed by atoms with Crippen molar-refractivity contribution >= 4 is 36.4 Å². The van der Waals surface area contributed by atoms with Crippen LogP contribution in [0.2, 0.25) is 5.02 Å². The Labute approximate surface area is 177 Å². The van der Waals surface area contributed by atoms with Gasteiger partial charge in [0, 0.05) is 42.0 Å². The van der Waals surface area contributed by atoms with Gasteiger partial charge in [-0.3, -0.25) is 0 Å². The number of halogens is 1. The van der Waals surface area contributed by atoms with Gasteiger partial charge < -0.3 is 10.2 Å². The van der Waals surface area contributed by atoms with E-state index in [-0.39, 0.29) is 0 Å². The van der Waals surface area contributed by atoms with Gasteiger partial charge in [0.15, 0.2) is 5.65 Å². The Morgan fingerprint density at radius 3 is 2.83 bits per heavy atom. The summed E-state index contributed by atoms with van der Waals surface area (Å²) in [6, 6.07) is 10.8. The second-order valence-electron chi connectivity index (χ2n) is 8.54. The molecule has 1 N–H and O–H groups in total. The minimum atomic E-state index is 0.674. The fourth-order valence-corrected chi connectivity index (χ4v) is 4.83. The van der Waals surface area contributed by atoms with E-state index >= 15 is 0 Å². The summed E-state index contributed by atoms with van der Waals surface area (Å²) in [5.41, 5.74) is 3.78. The van der Waals surface area contributed by atoms with Crippen LogP contribution >= 0.6 is 11.6 Å². The van der Waals surface area contributed by atoms with Crippen LogP contribution in [-0.2, 0) is 0 Å². The van der Waals surface area contributed by atoms with Gasteiger partial charge in [-0.1, -0.05) is 36.2 Å². The molecule has 150 valence electrons. The van der Waals surface area contributed by atoms with Crippen molar-refractivity contribution in [3.63, 3.8) is 0 Å². The maximum Gasteiger partial charge on any atom is 0.151 e. The number of hydrogen-bond acceptors (Lipinski definition) is 4. The van der Waals surface area contributed by atoms with Crippen molar-refractivity contribution in [3.05, 3.63) is 41.6 Å². The summed E-state index contributed by atoms with van der Waals surface area (Å²) in [6.45, 7) is 3.44. The van der Waals surface area contributed by atoms with E-state index in [2.05, 4.69) is 21.4 Å². The molecule has 1 atom stereocenters. The summed E-state index contributed by atoms with van der Waals surface area (Å²) in [6.07, 6.45) is 8.66. The molecule has 0 bridgehead atoms. The van der Waals surface area contributed by atoms with E-state index in [0.29, 0.717) is 5.92 Å². The number of fused-ring (bicyclic) bond motifs is 1. The molecule has 5 nitrogen and oxygen atoms in total. The zero-order chi connectivity index (χ0) is 19.8. The van der Waals surface area contributed by atoms with E-state index in [1.165, 1.54) is 45.2 Å². The Morgan fingerprint density at radius 2 is 2.03 bits per heavy atom. The molecule has 0 amide bonds. The third-order valence-electron chi connectivity index (χ3n) is 6.51. The highest BCUT2D eigenvalue weighted by Gasteiger charge is 2.29. The first kappa shape index (κ1) is 19.0. The molecule has 3 heterocycles. The van der Waals surface area contributed by atoms with E-state index in [0.717, 1.165) is 45.8 Å². The molecule has 7 heteroatoms. The van der Waals surface area contributed by atoms with Crippen molar-refractivity contribution in [2.24, 2.45) is 5.92 Å². The molecule has 0 spiro atoms. The fourth-order valence-electron chi connectivity index (χ4n) is 4.60. The lowest BCUT2D eigenvalue weighted by atomic mass is 9.88. The van der Waals surface area contributed by atoms with Crippen LogP contribution in [-0.4, -0.2) is 53.0 Å². The molecular formula is C22H27BClN5. The van der Waals surface area contributed by atoms with Crippen LogP contribution in [0.15, 0.2) is 36.5 Å². The van der Waals surface area contributed by atoms with Gasteiger partial charge in [-0.25, -0.2) is 4.98 Å². The fraction of sp³-hybridized carbons (Fsp3) is 0.455. The molecule has 1 aliphatic carbocycles. The normalized spacial score (nSPS) is 20.7. The van der Waals surface area contributed by atoms with Crippen molar-refractivity contribution in [2.45, 2.75) is 38.1 Å². The molecule has 1 aliphatic heterocycles. The first-order chi connectivity index (χ1) is 14.2. The number of hydrogen-bond donors (Lipinski definition) is 1. The van der Waals surface area contributed by atoms with Crippen molar-refractivity contribution in [1.82, 2.24) is 19.5 Å². The third kappa shape index (κ3) is 3.76. The lowest BCUT2D eigenvalue weighted by Crippen LogP contribution is -2.47. The van der Waals surface area contributed by atoms with Gasteiger partial charge in [-0.2, -0.15) is 9.61 Å². The van der Waals surface area contributed by atoms with E-state index in [9.17, 15) is 0 Å². The number of nitrogens with one attached hydrogen (secondary N) is 1. The summed E-state index contributed by atoms with van der Waals surface area (Å²) in [7, 11) is 2.05. The Morgan fingerprint density at radius 1 is 1.17 bits per heavy atom. The number of piperidine rings is 1. The minimum absolute atomic E-state index is 0.674. The van der Waals surface area contributed by atoms with Crippen LogP contribution in [0.1, 0.15) is 32.1 Å². The van der Waals surface area contributed by atoms with Gasteiger partial charge in [0.05, 0.1) is 5.69 Å². The highest BCUT2D eigenvalue weighted by atomic mass is 35.5. The number of aromatic nitrogens is 3. The molecule has 2 aliphatic rings. The monoisotopic (exact) mass is 407 g/mol. The van der Waals surface area contributed by atoms with E-state index in [1.807, 2.05) is 42.8 Å². The summed E-state index contributed by atoms with van der Waals surface area (Å²) < 4.78 is 1.92. The first-order valence-corrected chi connectivity index (χ1v) is 11.1. The predicted molar refractivity (Wildman–Crippen MR) is 122 cm³/mol. The zero-order valence-corrected chi connectivity index (χ0v) is 17.7. The summed E-state index contributed by atoms with van der Waals surface area (Å²) in [5, 5.41) is 8.96. The lowest BCUT2D eigenvalue weighted by molar-refractivity contribution is 0.0802. The second-order valence-corrected chi connectivity index (χ2v) is 8.95. The molecule has 1 unspecified atom stereocenters. The summed E-state index contributed by atoms with van der Waals surface area (Å²) in [5.74, 6) is 1.66. The van der Waals surface area contributed by atoms with E-state index < -0.39 is 0 Å². The number of anilines is 1. The van der Waals surface area contributed by atoms with Crippen LogP contribution in [0.3, 0.4) is 0 Å². The molecule has 0 radical (unpaired) electrons. The minimum Gasteiger partial charge on any atom is -0.370 e. The second kappa shape index (κ2) is 8.00. The van der Waals surface area contributed by atoms with Crippen LogP contribution < -0.4 is 10.8 Å². The smallest absolute Gasteiger partial charge is 0.151 e. The molecule has 29 heavy (non-hydrogen) atoms. The van der Waals surface area contributed by atoms with Crippen molar-refractivity contribution in [3.8, 4) is 11.3 Å². The Bertz CT molecular complexity index is 1020. The van der Waals surface area contributed by atoms with Gasteiger partial charge in [0.1, 0.15) is 13.7 Å². The van der Waals surface area contributed by atoms with Crippen LogP contribution in [0.5, 0.6) is 0 Å². The molecular weight excluding hydrogens is 381 g/mol. The van der Waals surface area contributed by atoms with Crippen molar-refractivity contribution in [2.75, 3.05) is 25.0 Å². The molecule has 3 aromatic rings. The maximum absolute atomic E-state index is 6.45. The predicted octanol–water partition coefficient (Wildman–Crippen LogP) is 2.98. The quantitative estimate of drug-likeness (QED) is 0.661. The molecule has 1 aromatic carbocycles. The van der Waals surface area contributed by atoms with Gasteiger partial charge in [0.25, 0.3) is 0 Å². The molecule has 5 rings (SSSR count). The molecule has 2 fully saturated rings. The zero-order valence-electron chi connectivity index (χ0n) is 16.9. The maximum atomic E-state index is 6.45. The van der Waals surface area contributed by atoms with E-state index in [4.69, 9.17) is 16.6 Å². The van der Waals surface area contributed by atoms with Gasteiger partial charge >= 0.3 is 0 Å². The highest BCUT2D eigenvalue weighted by Crippen LogP contribution is 2.30. The Balaban J connectivity index is 1.39. The van der Waals surface area contributed by atoms with E-state index in [1.54, 1.807) is 0 Å². The standard InChI is InChI=1S/C22H27BClN5/c23-18-13-26-29-21(11-20(27-22(18)29)17-8-1-2-9-19(17)24)25-12-15-5-4-10-28(14-15)16-6-3-7-16/h1-2,8-9,11,13,15-16,25H,3-7,10,12,14,23H2. The van der Waals surface area contributed by atoms with Crippen LogP contribution in [0.4, 0.5) is 5.82 Å². The third-order valence-corrected chi connectivity index (χ3v) is 6.84. The van der Waals surface area contributed by atoms with Gasteiger partial charge in [-0.15, -0.1) is 0 Å². The van der Waals surface area contributed by atoms with Gasteiger partial charge in [-0.05, 0) is 49.7 Å². The molecule has 1 saturated heterocycles. The SMILES string of the molecule is Bc1cnn2c(NCC3CCCN(C4CCC4)C3)cc(-c3ccccc3Cl)nc12. The van der Waals surface area contributed by atoms with Crippen LogP contribution in [0, 0.1) is 5.92 Å². The van der Waals surface area contributed by atoms with Crippen molar-refractivity contribution < 1.29 is 0 Å². The number of nitrogens with zero attached hydrogens (tertiary/aromatic N) is 4. The number of rotatable bonds is 5. The van der Waals surface area contributed by atoms with Crippen LogP contribution in [0.25, 0.3) is 16.9 Å².